The highest BCUT2D eigenvalue weighted by Gasteiger charge is 2.42. The van der Waals surface area contributed by atoms with Crippen LogP contribution in [0.25, 0.3) is 0 Å². The summed E-state index contributed by atoms with van der Waals surface area (Å²) in [6, 6.07) is 17.0. The van der Waals surface area contributed by atoms with Crippen LogP contribution in [-0.2, 0) is 0 Å². The Hall–Kier alpha value is -6.90. The van der Waals surface area contributed by atoms with Crippen LogP contribution >= 0.6 is 0 Å². The molecule has 0 aliphatic heterocycles. The summed E-state index contributed by atoms with van der Waals surface area (Å²) in [5.41, 5.74) is -7.49. The van der Waals surface area contributed by atoms with Crippen LogP contribution in [0.15, 0.2) is 91.0 Å². The van der Waals surface area contributed by atoms with E-state index in [1.165, 1.54) is 77.9 Å². The molecule has 0 heterocycles. The van der Waals surface area contributed by atoms with Crippen molar-refractivity contribution >= 4 is 51.8 Å². The predicted octanol–water partition coefficient (Wildman–Crippen LogP) is 7.69. The molecule has 15 heteroatoms. The molecule has 4 aromatic rings. The standard InChI is InChI=1S/C39H33N3O12/c1-37(2,31(43)22-7-13-28(14-8-22)40(49)50)34(46)25-19-26(35(47)38(3,4)32(44)23-9-15-29(16-10-23)41(51)52)21-27(20-25)36(48)39(5,6)33(45)24-11-17-30(18-12-24)42(53)54/h7-21H,1-6H3. The number of hydrogen-bond donors (Lipinski definition) is 0. The summed E-state index contributed by atoms with van der Waals surface area (Å²) in [5.74, 6) is -4.83. The minimum atomic E-state index is -1.87. The Morgan fingerprint density at radius 2 is 0.519 bits per heavy atom. The van der Waals surface area contributed by atoms with E-state index in [0.717, 1.165) is 54.6 Å². The van der Waals surface area contributed by atoms with Gasteiger partial charge in [-0.25, -0.2) is 0 Å². The molecule has 15 nitrogen and oxygen atoms in total. The maximum atomic E-state index is 14.2. The summed E-state index contributed by atoms with van der Waals surface area (Å²) in [6.07, 6.45) is 0. The maximum Gasteiger partial charge on any atom is 0.269 e. The molecule has 0 aliphatic carbocycles. The van der Waals surface area contributed by atoms with Gasteiger partial charge in [-0.1, -0.05) is 0 Å². The lowest BCUT2D eigenvalue weighted by atomic mass is 9.73. The number of nitro benzene ring substituents is 3. The highest BCUT2D eigenvalue weighted by atomic mass is 16.6. The summed E-state index contributed by atoms with van der Waals surface area (Å²) in [7, 11) is 0. The second kappa shape index (κ2) is 14.6. The molecule has 0 aromatic heterocycles. The van der Waals surface area contributed by atoms with E-state index in [-0.39, 0.29) is 50.4 Å². The molecule has 0 N–H and O–H groups in total. The Labute approximate surface area is 307 Å². The van der Waals surface area contributed by atoms with Crippen molar-refractivity contribution in [1.82, 2.24) is 0 Å². The first-order valence-corrected chi connectivity index (χ1v) is 16.2. The minimum Gasteiger partial charge on any atom is -0.293 e. The van der Waals surface area contributed by atoms with Gasteiger partial charge in [0.15, 0.2) is 34.7 Å². The van der Waals surface area contributed by atoms with Crippen LogP contribution in [0.1, 0.15) is 104 Å². The quantitative estimate of drug-likeness (QED) is 0.0495. The Morgan fingerprint density at radius 1 is 0.352 bits per heavy atom. The molecule has 0 aliphatic rings. The molecule has 0 bridgehead atoms. The number of benzene rings is 4. The largest absolute Gasteiger partial charge is 0.293 e. The molecule has 0 spiro atoms. The Kier molecular flexibility index (Phi) is 10.8. The maximum absolute atomic E-state index is 14.2. The van der Waals surface area contributed by atoms with Gasteiger partial charge >= 0.3 is 0 Å². The molecule has 4 aromatic carbocycles. The molecule has 0 unspecified atom stereocenters. The van der Waals surface area contributed by atoms with Crippen LogP contribution in [0.4, 0.5) is 17.1 Å². The lowest BCUT2D eigenvalue weighted by molar-refractivity contribution is -0.385. The van der Waals surface area contributed by atoms with E-state index in [2.05, 4.69) is 0 Å². The number of nitro groups is 3. The summed E-state index contributed by atoms with van der Waals surface area (Å²) in [4.78, 5) is 115. The fourth-order valence-corrected chi connectivity index (χ4v) is 5.70. The lowest BCUT2D eigenvalue weighted by Crippen LogP contribution is -2.37. The van der Waals surface area contributed by atoms with E-state index in [1.54, 1.807) is 0 Å². The average Bonchev–Trinajstić information content (AvgIpc) is 3.15. The fraction of sp³-hybridized carbons (Fsp3) is 0.231. The van der Waals surface area contributed by atoms with Crippen LogP contribution in [0.5, 0.6) is 0 Å². The Balaban J connectivity index is 1.83. The SMILES string of the molecule is CC(C)(C(=O)c1ccc([N+](=O)[O-])cc1)C(=O)c1cc(C(=O)C(C)(C)C(=O)c2ccc([N+](=O)[O-])cc2)cc(C(=O)C(C)(C)C(=O)c2ccc([N+](=O)[O-])cc2)c1. The third-order valence-corrected chi connectivity index (χ3v) is 9.15. The van der Waals surface area contributed by atoms with Gasteiger partial charge in [-0.15, -0.1) is 0 Å². The van der Waals surface area contributed by atoms with Gasteiger partial charge in [-0.05, 0) is 96.1 Å². The van der Waals surface area contributed by atoms with Crippen molar-refractivity contribution in [2.75, 3.05) is 0 Å². The Bertz CT molecular complexity index is 2000. The molecule has 0 saturated carbocycles. The number of nitrogens with zero attached hydrogens (tertiary/aromatic N) is 3. The van der Waals surface area contributed by atoms with Gasteiger partial charge in [0.2, 0.25) is 0 Å². The fourth-order valence-electron chi connectivity index (χ4n) is 5.70. The first-order valence-electron chi connectivity index (χ1n) is 16.2. The third-order valence-electron chi connectivity index (χ3n) is 9.15. The van der Waals surface area contributed by atoms with Crippen molar-refractivity contribution in [1.29, 1.82) is 0 Å². The van der Waals surface area contributed by atoms with Gasteiger partial charge in [-0.3, -0.25) is 59.1 Å². The zero-order valence-corrected chi connectivity index (χ0v) is 29.9. The minimum absolute atomic E-state index is 0.0351. The number of rotatable bonds is 15. The van der Waals surface area contributed by atoms with Gasteiger partial charge in [0.1, 0.15) is 0 Å². The van der Waals surface area contributed by atoms with Crippen molar-refractivity contribution in [2.45, 2.75) is 41.5 Å². The zero-order chi connectivity index (χ0) is 40.5. The van der Waals surface area contributed by atoms with Gasteiger partial charge in [0.25, 0.3) is 17.1 Å². The van der Waals surface area contributed by atoms with E-state index in [4.69, 9.17) is 0 Å². The van der Waals surface area contributed by atoms with Crippen LogP contribution in [-0.4, -0.2) is 49.5 Å². The lowest BCUT2D eigenvalue weighted by Gasteiger charge is -2.26. The van der Waals surface area contributed by atoms with Gasteiger partial charge in [0.05, 0.1) is 31.0 Å². The predicted molar refractivity (Wildman–Crippen MR) is 193 cm³/mol. The molecule has 0 atom stereocenters. The van der Waals surface area contributed by atoms with E-state index in [0.29, 0.717) is 0 Å². The smallest absolute Gasteiger partial charge is 0.269 e. The number of carbonyl (C=O) groups excluding carboxylic acids is 6. The monoisotopic (exact) mass is 735 g/mol. The zero-order valence-electron chi connectivity index (χ0n) is 29.9. The normalized spacial score (nSPS) is 11.7. The molecule has 276 valence electrons. The van der Waals surface area contributed by atoms with Crippen molar-refractivity contribution in [2.24, 2.45) is 16.2 Å². The summed E-state index contributed by atoms with van der Waals surface area (Å²) < 4.78 is 0. The van der Waals surface area contributed by atoms with E-state index < -0.39 is 65.7 Å². The molecular formula is C39H33N3O12. The molecule has 0 fully saturated rings. The highest BCUT2D eigenvalue weighted by Crippen LogP contribution is 2.35. The molecule has 0 amide bonds. The van der Waals surface area contributed by atoms with Gasteiger partial charge in [0, 0.05) is 69.8 Å². The summed E-state index contributed by atoms with van der Waals surface area (Å²) >= 11 is 0. The van der Waals surface area contributed by atoms with Crippen LogP contribution < -0.4 is 0 Å². The number of Topliss-reactive ketones (excluding diaryl/α,β-unsaturated/α-hetero) is 6. The van der Waals surface area contributed by atoms with Crippen LogP contribution in [0.2, 0.25) is 0 Å². The number of carbonyl (C=O) groups is 6. The second-order valence-electron chi connectivity index (χ2n) is 14.1. The van der Waals surface area contributed by atoms with E-state index in [1.807, 2.05) is 0 Å². The van der Waals surface area contributed by atoms with Crippen LogP contribution in [0, 0.1) is 46.6 Å². The van der Waals surface area contributed by atoms with Crippen LogP contribution in [0.3, 0.4) is 0 Å². The third kappa shape index (κ3) is 7.65. The summed E-state index contributed by atoms with van der Waals surface area (Å²) in [6.45, 7) is 7.75. The first kappa shape index (κ1) is 39.9. The van der Waals surface area contributed by atoms with E-state index in [9.17, 15) is 59.1 Å². The molecule has 54 heavy (non-hydrogen) atoms. The molecular weight excluding hydrogens is 702 g/mol. The molecule has 0 saturated heterocycles. The highest BCUT2D eigenvalue weighted by molar-refractivity contribution is 6.24. The van der Waals surface area contributed by atoms with Crippen molar-refractivity contribution in [3.05, 3.63) is 155 Å². The van der Waals surface area contributed by atoms with Gasteiger partial charge in [-0.2, -0.15) is 0 Å². The second-order valence-corrected chi connectivity index (χ2v) is 14.1. The van der Waals surface area contributed by atoms with E-state index >= 15 is 0 Å². The average molecular weight is 736 g/mol. The molecule has 0 radical (unpaired) electrons. The van der Waals surface area contributed by atoms with Gasteiger partial charge < -0.3 is 0 Å². The summed E-state index contributed by atoms with van der Waals surface area (Å²) in [5, 5.41) is 33.4. The number of ketones is 6. The topological polar surface area (TPSA) is 232 Å². The molecule has 4 rings (SSSR count). The number of non-ortho nitro benzene ring substituents is 3. The van der Waals surface area contributed by atoms with Crippen molar-refractivity contribution < 1.29 is 43.5 Å². The Morgan fingerprint density at radius 3 is 0.685 bits per heavy atom. The first-order chi connectivity index (χ1) is 25.0. The van der Waals surface area contributed by atoms with Crippen molar-refractivity contribution in [3.63, 3.8) is 0 Å². The number of hydrogen-bond acceptors (Lipinski definition) is 12. The van der Waals surface area contributed by atoms with Crippen molar-refractivity contribution in [3.8, 4) is 0 Å².